The molecule has 0 fully saturated rings. The molecule has 32 heavy (non-hydrogen) atoms. The van der Waals surface area contributed by atoms with Crippen molar-refractivity contribution in [2.75, 3.05) is 25.1 Å². The highest BCUT2D eigenvalue weighted by Gasteiger charge is 2.23. The molecule has 1 amide bonds. The normalized spacial score (nSPS) is 10.3. The zero-order valence-corrected chi connectivity index (χ0v) is 18.6. The van der Waals surface area contributed by atoms with E-state index in [1.807, 2.05) is 37.3 Å². The van der Waals surface area contributed by atoms with Gasteiger partial charge in [0.05, 0.1) is 18.8 Å². The molecule has 8 heteroatoms. The molecule has 3 aromatic rings. The fourth-order valence-corrected chi connectivity index (χ4v) is 3.89. The van der Waals surface area contributed by atoms with Crippen LogP contribution in [0.15, 0.2) is 60.0 Å². The van der Waals surface area contributed by atoms with Crippen molar-refractivity contribution < 1.29 is 28.6 Å². The van der Waals surface area contributed by atoms with Gasteiger partial charge in [-0.05, 0) is 43.7 Å². The molecule has 166 valence electrons. The Bertz CT molecular complexity index is 1080. The Morgan fingerprint density at radius 1 is 0.875 bits per heavy atom. The van der Waals surface area contributed by atoms with E-state index in [-0.39, 0.29) is 12.2 Å². The Labute approximate surface area is 189 Å². The van der Waals surface area contributed by atoms with E-state index >= 15 is 0 Å². The van der Waals surface area contributed by atoms with Crippen LogP contribution in [0.4, 0.5) is 5.00 Å². The predicted octanol–water partition coefficient (Wildman–Crippen LogP) is 4.79. The highest BCUT2D eigenvalue weighted by Crippen LogP contribution is 2.36. The summed E-state index contributed by atoms with van der Waals surface area (Å²) in [5, 5.41) is 4.77. The monoisotopic (exact) mass is 453 g/mol. The first-order valence-electron chi connectivity index (χ1n) is 10.1. The topological polar surface area (TPSA) is 90.9 Å². The van der Waals surface area contributed by atoms with Crippen molar-refractivity contribution in [3.63, 3.8) is 0 Å². The smallest absolute Gasteiger partial charge is 0.341 e. The molecule has 1 heterocycles. The summed E-state index contributed by atoms with van der Waals surface area (Å²) in [4.78, 5) is 37.2. The average molecular weight is 454 g/mol. The van der Waals surface area contributed by atoms with E-state index in [0.717, 1.165) is 5.56 Å². The van der Waals surface area contributed by atoms with E-state index in [1.165, 1.54) is 11.3 Å². The van der Waals surface area contributed by atoms with Crippen LogP contribution in [0.2, 0.25) is 0 Å². The molecule has 0 saturated heterocycles. The van der Waals surface area contributed by atoms with Crippen LogP contribution in [0.1, 0.15) is 34.6 Å². The number of carbonyl (C=O) groups excluding carboxylic acids is 3. The van der Waals surface area contributed by atoms with Crippen LogP contribution in [0.5, 0.6) is 5.75 Å². The molecule has 0 unspecified atom stereocenters. The molecule has 0 bridgehead atoms. The first-order chi connectivity index (χ1) is 15.5. The Hall–Kier alpha value is -3.65. The summed E-state index contributed by atoms with van der Waals surface area (Å²) >= 11 is 1.20. The number of benzene rings is 2. The first kappa shape index (κ1) is 23.0. The Morgan fingerprint density at radius 2 is 1.59 bits per heavy atom. The molecular weight excluding hydrogens is 430 g/mol. The molecule has 0 spiro atoms. The fraction of sp³-hybridized carbons (Fsp3) is 0.208. The number of nitrogens with one attached hydrogen (secondary N) is 1. The molecule has 1 N–H and O–H groups in total. The summed E-state index contributed by atoms with van der Waals surface area (Å²) in [5.74, 6) is -1.09. The Balaban J connectivity index is 1.68. The lowest BCUT2D eigenvalue weighted by Gasteiger charge is -2.09. The van der Waals surface area contributed by atoms with Crippen molar-refractivity contribution >= 4 is 34.2 Å². The summed E-state index contributed by atoms with van der Waals surface area (Å²) < 4.78 is 15.6. The molecule has 0 radical (unpaired) electrons. The standard InChI is InChI=1S/C24H23NO6S/c1-3-29-18-12-10-17(11-13-18)23(27)31-14-20(26)25-22-21(24(28)30-4-2)19(15-32-22)16-8-6-5-7-9-16/h5-13,15H,3-4,14H2,1-2H3,(H,25,26). The third-order valence-electron chi connectivity index (χ3n) is 4.34. The van der Waals surface area contributed by atoms with Gasteiger partial charge in [0, 0.05) is 10.9 Å². The van der Waals surface area contributed by atoms with E-state index < -0.39 is 24.5 Å². The van der Waals surface area contributed by atoms with Gasteiger partial charge in [0.2, 0.25) is 0 Å². The van der Waals surface area contributed by atoms with Gasteiger partial charge in [-0.25, -0.2) is 9.59 Å². The van der Waals surface area contributed by atoms with Crippen molar-refractivity contribution in [3.05, 3.63) is 71.1 Å². The van der Waals surface area contributed by atoms with Crippen molar-refractivity contribution in [2.45, 2.75) is 13.8 Å². The number of thiophene rings is 1. The highest BCUT2D eigenvalue weighted by atomic mass is 32.1. The minimum Gasteiger partial charge on any atom is -0.494 e. The van der Waals surface area contributed by atoms with E-state index in [1.54, 1.807) is 36.6 Å². The van der Waals surface area contributed by atoms with Crippen LogP contribution in [-0.4, -0.2) is 37.7 Å². The van der Waals surface area contributed by atoms with Gasteiger partial charge in [-0.15, -0.1) is 11.3 Å². The maximum absolute atomic E-state index is 12.6. The van der Waals surface area contributed by atoms with Gasteiger partial charge in [-0.3, -0.25) is 4.79 Å². The lowest BCUT2D eigenvalue weighted by atomic mass is 10.0. The van der Waals surface area contributed by atoms with Gasteiger partial charge in [-0.1, -0.05) is 30.3 Å². The minimum atomic E-state index is -0.634. The molecule has 0 atom stereocenters. The summed E-state index contributed by atoms with van der Waals surface area (Å²) in [5.41, 5.74) is 2.06. The zero-order chi connectivity index (χ0) is 22.9. The third kappa shape index (κ3) is 5.73. The van der Waals surface area contributed by atoms with Gasteiger partial charge in [-0.2, -0.15) is 0 Å². The van der Waals surface area contributed by atoms with Crippen molar-refractivity contribution in [2.24, 2.45) is 0 Å². The number of carbonyl (C=O) groups is 3. The second-order valence-corrected chi connectivity index (χ2v) is 7.40. The molecule has 0 aliphatic rings. The SMILES string of the molecule is CCOC(=O)c1c(-c2ccccc2)csc1NC(=O)COC(=O)c1ccc(OCC)cc1. The molecular formula is C24H23NO6S. The highest BCUT2D eigenvalue weighted by molar-refractivity contribution is 7.15. The summed E-state index contributed by atoms with van der Waals surface area (Å²) in [6, 6.07) is 15.8. The zero-order valence-electron chi connectivity index (χ0n) is 17.8. The van der Waals surface area contributed by atoms with Crippen LogP contribution < -0.4 is 10.1 Å². The second-order valence-electron chi connectivity index (χ2n) is 6.52. The number of hydrogen-bond acceptors (Lipinski definition) is 7. The lowest BCUT2D eigenvalue weighted by Crippen LogP contribution is -2.21. The average Bonchev–Trinajstić information content (AvgIpc) is 3.22. The second kappa shape index (κ2) is 11.1. The number of esters is 2. The van der Waals surface area contributed by atoms with E-state index in [2.05, 4.69) is 5.32 Å². The molecule has 0 aliphatic carbocycles. The quantitative estimate of drug-likeness (QED) is 0.469. The molecule has 7 nitrogen and oxygen atoms in total. The maximum Gasteiger partial charge on any atom is 0.341 e. The lowest BCUT2D eigenvalue weighted by molar-refractivity contribution is -0.119. The Morgan fingerprint density at radius 3 is 2.25 bits per heavy atom. The van der Waals surface area contributed by atoms with E-state index in [0.29, 0.717) is 28.5 Å². The van der Waals surface area contributed by atoms with Gasteiger partial charge in [0.25, 0.3) is 5.91 Å². The predicted molar refractivity (Wildman–Crippen MR) is 122 cm³/mol. The van der Waals surface area contributed by atoms with Crippen LogP contribution in [0.3, 0.4) is 0 Å². The fourth-order valence-electron chi connectivity index (χ4n) is 2.92. The van der Waals surface area contributed by atoms with Crippen LogP contribution >= 0.6 is 11.3 Å². The van der Waals surface area contributed by atoms with Gasteiger partial charge in [0.15, 0.2) is 6.61 Å². The number of anilines is 1. The van der Waals surface area contributed by atoms with Crippen LogP contribution in [0.25, 0.3) is 11.1 Å². The summed E-state index contributed by atoms with van der Waals surface area (Å²) in [7, 11) is 0. The molecule has 0 aliphatic heterocycles. The minimum absolute atomic E-state index is 0.204. The van der Waals surface area contributed by atoms with Crippen molar-refractivity contribution in [1.82, 2.24) is 0 Å². The van der Waals surface area contributed by atoms with Gasteiger partial charge in [0.1, 0.15) is 16.3 Å². The van der Waals surface area contributed by atoms with E-state index in [4.69, 9.17) is 14.2 Å². The van der Waals surface area contributed by atoms with Crippen LogP contribution in [-0.2, 0) is 14.3 Å². The number of amides is 1. The first-order valence-corrected chi connectivity index (χ1v) is 10.9. The molecule has 3 rings (SSSR count). The molecule has 1 aromatic heterocycles. The molecule has 0 saturated carbocycles. The number of hydrogen-bond donors (Lipinski definition) is 1. The van der Waals surface area contributed by atoms with Gasteiger partial charge >= 0.3 is 11.9 Å². The maximum atomic E-state index is 12.6. The Kier molecular flexibility index (Phi) is 7.99. The van der Waals surface area contributed by atoms with Crippen molar-refractivity contribution in [3.8, 4) is 16.9 Å². The largest absolute Gasteiger partial charge is 0.494 e. The molecule has 2 aromatic carbocycles. The van der Waals surface area contributed by atoms with Crippen LogP contribution in [0, 0.1) is 0 Å². The number of rotatable bonds is 9. The van der Waals surface area contributed by atoms with Crippen molar-refractivity contribution in [1.29, 1.82) is 0 Å². The summed E-state index contributed by atoms with van der Waals surface area (Å²) in [6.07, 6.45) is 0. The summed E-state index contributed by atoms with van der Waals surface area (Å²) in [6.45, 7) is 3.81. The van der Waals surface area contributed by atoms with Gasteiger partial charge < -0.3 is 19.5 Å². The van der Waals surface area contributed by atoms with E-state index in [9.17, 15) is 14.4 Å². The third-order valence-corrected chi connectivity index (χ3v) is 5.24. The number of ether oxygens (including phenoxy) is 3.